The van der Waals surface area contributed by atoms with Crippen molar-refractivity contribution in [2.45, 2.75) is 0 Å². The largest absolute Gasteiger partial charge is 0.309 e. The quantitative estimate of drug-likeness (QED) is 0.174. The lowest BCUT2D eigenvalue weighted by Gasteiger charge is -2.14. The molecule has 0 N–H and O–H groups in total. The van der Waals surface area contributed by atoms with Crippen LogP contribution in [0.5, 0.6) is 0 Å². The van der Waals surface area contributed by atoms with Crippen molar-refractivity contribution in [2.75, 3.05) is 0 Å². The summed E-state index contributed by atoms with van der Waals surface area (Å²) in [6.45, 7) is 0. The fourth-order valence-corrected chi connectivity index (χ4v) is 9.21. The van der Waals surface area contributed by atoms with E-state index in [1.807, 2.05) is 12.3 Å². The first-order valence-corrected chi connectivity index (χ1v) is 19.5. The molecule has 0 atom stereocenters. The third-order valence-corrected chi connectivity index (χ3v) is 11.7. The van der Waals surface area contributed by atoms with Gasteiger partial charge in [0.1, 0.15) is 5.82 Å². The molecule has 0 saturated heterocycles. The summed E-state index contributed by atoms with van der Waals surface area (Å²) in [5.41, 5.74) is 14.1. The Hall–Kier alpha value is -7.69. The Balaban J connectivity index is 1.16. The molecule has 0 unspecified atom stereocenters. The van der Waals surface area contributed by atoms with Gasteiger partial charge in [-0.15, -0.1) is 0 Å². The van der Waals surface area contributed by atoms with Crippen LogP contribution in [0.3, 0.4) is 0 Å². The summed E-state index contributed by atoms with van der Waals surface area (Å²) in [7, 11) is 0. The van der Waals surface area contributed by atoms with Crippen molar-refractivity contribution in [1.29, 1.82) is 0 Å². The van der Waals surface area contributed by atoms with Crippen molar-refractivity contribution >= 4 is 65.4 Å². The molecular weight excluding hydrogens is 693 g/mol. The van der Waals surface area contributed by atoms with Crippen LogP contribution in [0.25, 0.3) is 105 Å². The zero-order valence-corrected chi connectivity index (χ0v) is 30.9. The molecule has 0 aliphatic carbocycles. The van der Waals surface area contributed by atoms with Gasteiger partial charge in [-0.25, -0.2) is 4.98 Å². The van der Waals surface area contributed by atoms with Crippen molar-refractivity contribution in [1.82, 2.24) is 18.7 Å². The van der Waals surface area contributed by atoms with E-state index < -0.39 is 0 Å². The number of nitrogens with zero attached hydrogens (tertiary/aromatic N) is 4. The minimum Gasteiger partial charge on any atom is -0.309 e. The van der Waals surface area contributed by atoms with Crippen molar-refractivity contribution < 1.29 is 0 Å². The molecule has 266 valence electrons. The molecule has 12 rings (SSSR count). The molecule has 0 amide bonds. The molecule has 0 saturated carbocycles. The van der Waals surface area contributed by atoms with E-state index in [2.05, 4.69) is 208 Å². The van der Waals surface area contributed by atoms with E-state index >= 15 is 0 Å². The Morgan fingerprint density at radius 3 is 1.42 bits per heavy atom. The molecule has 0 aliphatic rings. The highest BCUT2D eigenvalue weighted by atomic mass is 15.1. The number of fused-ring (bicyclic) bond motifs is 9. The molecule has 0 bridgehead atoms. The molecule has 0 spiro atoms. The molecule has 4 heteroatoms. The zero-order valence-electron chi connectivity index (χ0n) is 30.9. The van der Waals surface area contributed by atoms with E-state index in [0.717, 1.165) is 28.2 Å². The monoisotopic (exact) mass is 726 g/mol. The number of benzene rings is 8. The van der Waals surface area contributed by atoms with E-state index in [-0.39, 0.29) is 0 Å². The SMILES string of the molecule is c1ccc(-n2c3ccccc3c3cc(-c4cc(-c5ccc6c(c5)c5ccccc5n6-c5ccccn5)cc5c6ccccc6n(-c6ccccc6)c45)ccc32)cc1. The van der Waals surface area contributed by atoms with Gasteiger partial charge in [-0.2, -0.15) is 0 Å². The highest BCUT2D eigenvalue weighted by molar-refractivity contribution is 6.17. The predicted octanol–water partition coefficient (Wildman–Crippen LogP) is 13.7. The molecule has 0 fully saturated rings. The van der Waals surface area contributed by atoms with Crippen LogP contribution < -0.4 is 0 Å². The lowest BCUT2D eigenvalue weighted by Crippen LogP contribution is -1.96. The van der Waals surface area contributed by atoms with Gasteiger partial charge in [0.2, 0.25) is 0 Å². The van der Waals surface area contributed by atoms with E-state index in [9.17, 15) is 0 Å². The maximum atomic E-state index is 4.76. The van der Waals surface area contributed by atoms with Crippen LogP contribution in [-0.2, 0) is 0 Å². The van der Waals surface area contributed by atoms with Crippen molar-refractivity contribution in [3.63, 3.8) is 0 Å². The van der Waals surface area contributed by atoms with Crippen LogP contribution in [0.15, 0.2) is 206 Å². The van der Waals surface area contributed by atoms with Gasteiger partial charge in [-0.05, 0) is 108 Å². The van der Waals surface area contributed by atoms with Crippen LogP contribution >= 0.6 is 0 Å². The number of pyridine rings is 1. The van der Waals surface area contributed by atoms with Gasteiger partial charge >= 0.3 is 0 Å². The molecule has 4 nitrogen and oxygen atoms in total. The molecule has 0 aliphatic heterocycles. The number of rotatable bonds is 5. The normalized spacial score (nSPS) is 11.9. The van der Waals surface area contributed by atoms with Gasteiger partial charge in [0.15, 0.2) is 0 Å². The fraction of sp³-hybridized carbons (Fsp3) is 0. The Morgan fingerprint density at radius 2 is 0.772 bits per heavy atom. The highest BCUT2D eigenvalue weighted by Gasteiger charge is 2.21. The summed E-state index contributed by atoms with van der Waals surface area (Å²) < 4.78 is 7.11. The minimum atomic E-state index is 0.915. The lowest BCUT2D eigenvalue weighted by atomic mass is 9.94. The van der Waals surface area contributed by atoms with Crippen molar-refractivity contribution in [3.8, 4) is 39.4 Å². The second-order valence-corrected chi connectivity index (χ2v) is 14.8. The lowest BCUT2D eigenvalue weighted by molar-refractivity contribution is 1.08. The summed E-state index contributed by atoms with van der Waals surface area (Å²) in [5.74, 6) is 0.915. The van der Waals surface area contributed by atoms with Crippen LogP contribution in [0.2, 0.25) is 0 Å². The van der Waals surface area contributed by atoms with Crippen molar-refractivity contribution in [3.05, 3.63) is 206 Å². The average molecular weight is 727 g/mol. The molecular formula is C53H34N4. The Morgan fingerprint density at radius 1 is 0.298 bits per heavy atom. The molecule has 57 heavy (non-hydrogen) atoms. The summed E-state index contributed by atoms with van der Waals surface area (Å²) in [5, 5.41) is 7.35. The first-order chi connectivity index (χ1) is 28.3. The molecule has 0 radical (unpaired) electrons. The third kappa shape index (κ3) is 4.77. The summed E-state index contributed by atoms with van der Waals surface area (Å²) in [6, 6.07) is 72.6. The second-order valence-electron chi connectivity index (χ2n) is 14.8. The highest BCUT2D eigenvalue weighted by Crippen LogP contribution is 2.44. The molecule has 12 aromatic rings. The Labute approximate surface area is 328 Å². The van der Waals surface area contributed by atoms with E-state index in [4.69, 9.17) is 4.98 Å². The van der Waals surface area contributed by atoms with Crippen LogP contribution in [0.4, 0.5) is 0 Å². The number of para-hydroxylation sites is 5. The zero-order chi connectivity index (χ0) is 37.5. The minimum absolute atomic E-state index is 0.915. The van der Waals surface area contributed by atoms with Gasteiger partial charge < -0.3 is 9.13 Å². The van der Waals surface area contributed by atoms with Gasteiger partial charge in [-0.1, -0.05) is 109 Å². The number of aromatic nitrogens is 4. The second kappa shape index (κ2) is 12.4. The van der Waals surface area contributed by atoms with Crippen molar-refractivity contribution in [2.24, 2.45) is 0 Å². The van der Waals surface area contributed by atoms with Gasteiger partial charge in [0.25, 0.3) is 0 Å². The standard InChI is InChI=1S/C53H34N4/c1-3-15-38(16-4-1)55-47-22-10-7-19-40(47)45-32-36(27-29-50(45)55)43-33-37(34-46-42-21-9-11-23-48(42)56(53(43)46)39-17-5-2-6-18-39)35-26-28-51-44(31-35)41-20-8-12-24-49(41)57(51)52-25-13-14-30-54-52/h1-34H. The van der Waals surface area contributed by atoms with Gasteiger partial charge in [-0.3, -0.25) is 4.57 Å². The number of hydrogen-bond donors (Lipinski definition) is 0. The smallest absolute Gasteiger partial charge is 0.137 e. The maximum absolute atomic E-state index is 4.76. The predicted molar refractivity (Wildman–Crippen MR) is 238 cm³/mol. The van der Waals surface area contributed by atoms with Gasteiger partial charge in [0, 0.05) is 55.5 Å². The summed E-state index contributed by atoms with van der Waals surface area (Å²) in [4.78, 5) is 4.76. The summed E-state index contributed by atoms with van der Waals surface area (Å²) >= 11 is 0. The first kappa shape index (κ1) is 31.6. The van der Waals surface area contributed by atoms with Gasteiger partial charge in [0.05, 0.1) is 33.1 Å². The average Bonchev–Trinajstić information content (AvgIpc) is 3.92. The van der Waals surface area contributed by atoms with E-state index in [1.54, 1.807) is 0 Å². The molecule has 4 heterocycles. The Bertz CT molecular complexity index is 3500. The fourth-order valence-electron chi connectivity index (χ4n) is 9.21. The molecule has 8 aromatic carbocycles. The van der Waals surface area contributed by atoms with Crippen LogP contribution in [0, 0.1) is 0 Å². The number of hydrogen-bond acceptors (Lipinski definition) is 1. The van der Waals surface area contributed by atoms with E-state index in [0.29, 0.717) is 0 Å². The third-order valence-electron chi connectivity index (χ3n) is 11.7. The Kier molecular flexibility index (Phi) is 6.89. The molecule has 4 aromatic heterocycles. The maximum Gasteiger partial charge on any atom is 0.137 e. The van der Waals surface area contributed by atoms with Crippen LogP contribution in [0.1, 0.15) is 0 Å². The van der Waals surface area contributed by atoms with Crippen LogP contribution in [-0.4, -0.2) is 18.7 Å². The van der Waals surface area contributed by atoms with E-state index in [1.165, 1.54) is 76.6 Å². The topological polar surface area (TPSA) is 27.7 Å². The summed E-state index contributed by atoms with van der Waals surface area (Å²) in [6.07, 6.45) is 1.86. The first-order valence-electron chi connectivity index (χ1n) is 19.5.